The van der Waals surface area contributed by atoms with Crippen LogP contribution in [0.2, 0.25) is 0 Å². The number of carbonyl (C=O) groups excluding carboxylic acids is 1. The molecule has 0 aromatic heterocycles. The van der Waals surface area contributed by atoms with Crippen molar-refractivity contribution in [1.82, 2.24) is 5.32 Å². The summed E-state index contributed by atoms with van der Waals surface area (Å²) in [6.45, 7) is 2.07. The molecular formula is C22H27ClN2O2. The maximum atomic E-state index is 12.7. The summed E-state index contributed by atoms with van der Waals surface area (Å²) in [6, 6.07) is 16.2. The molecule has 0 bridgehead atoms. The van der Waals surface area contributed by atoms with Crippen molar-refractivity contribution in [3.05, 3.63) is 59.7 Å². The van der Waals surface area contributed by atoms with Gasteiger partial charge in [-0.05, 0) is 61.5 Å². The Labute approximate surface area is 167 Å². The lowest BCUT2D eigenvalue weighted by Gasteiger charge is -2.23. The fourth-order valence-electron chi connectivity index (χ4n) is 4.24. The number of benzene rings is 2. The van der Waals surface area contributed by atoms with Gasteiger partial charge in [0.1, 0.15) is 5.75 Å². The van der Waals surface area contributed by atoms with Crippen LogP contribution in [0.15, 0.2) is 48.5 Å². The highest BCUT2D eigenvalue weighted by atomic mass is 35.5. The second kappa shape index (κ2) is 8.32. The number of carbonyl (C=O) groups is 1. The highest BCUT2D eigenvalue weighted by Crippen LogP contribution is 2.58. The molecule has 1 aliphatic heterocycles. The van der Waals surface area contributed by atoms with E-state index in [0.29, 0.717) is 0 Å². The topological polar surface area (TPSA) is 50.4 Å². The van der Waals surface area contributed by atoms with Gasteiger partial charge in [0, 0.05) is 23.6 Å². The lowest BCUT2D eigenvalue weighted by atomic mass is 9.91. The Morgan fingerprint density at radius 2 is 1.93 bits per heavy atom. The molecule has 1 unspecified atom stereocenters. The molecule has 4 nitrogen and oxygen atoms in total. The first-order valence-electron chi connectivity index (χ1n) is 9.43. The largest absolute Gasteiger partial charge is 0.496 e. The Balaban J connectivity index is 0.00000210. The van der Waals surface area contributed by atoms with Crippen LogP contribution < -0.4 is 15.4 Å². The van der Waals surface area contributed by atoms with Crippen LogP contribution in [0, 0.1) is 11.3 Å². The molecule has 1 saturated heterocycles. The SMILES string of the molecule is COc1ccc(NC(=O)C2CC23CCNCC3)cc1Cc1ccccc1.Cl. The maximum absolute atomic E-state index is 12.7. The van der Waals surface area contributed by atoms with E-state index >= 15 is 0 Å². The third kappa shape index (κ3) is 4.28. The van der Waals surface area contributed by atoms with Gasteiger partial charge in [-0.25, -0.2) is 0 Å². The average molecular weight is 387 g/mol. The van der Waals surface area contributed by atoms with Crippen molar-refractivity contribution in [2.45, 2.75) is 25.7 Å². The van der Waals surface area contributed by atoms with Crippen molar-refractivity contribution in [2.24, 2.45) is 11.3 Å². The molecule has 0 radical (unpaired) electrons. The van der Waals surface area contributed by atoms with Crippen molar-refractivity contribution in [2.75, 3.05) is 25.5 Å². The van der Waals surface area contributed by atoms with Crippen molar-refractivity contribution in [1.29, 1.82) is 0 Å². The third-order valence-electron chi connectivity index (χ3n) is 5.89. The highest BCUT2D eigenvalue weighted by Gasteiger charge is 2.57. The van der Waals surface area contributed by atoms with Crippen LogP contribution in [-0.4, -0.2) is 26.1 Å². The number of piperidine rings is 1. The van der Waals surface area contributed by atoms with Crippen LogP contribution in [0.1, 0.15) is 30.4 Å². The fraction of sp³-hybridized carbons (Fsp3) is 0.409. The van der Waals surface area contributed by atoms with Crippen LogP contribution in [-0.2, 0) is 11.2 Å². The minimum Gasteiger partial charge on any atom is -0.496 e. The van der Waals surface area contributed by atoms with E-state index in [2.05, 4.69) is 22.8 Å². The molecule has 1 heterocycles. The first kappa shape index (κ1) is 19.7. The molecular weight excluding hydrogens is 360 g/mol. The molecule has 5 heteroatoms. The standard InChI is InChI=1S/C22H26N2O2.ClH/c1-26-20-8-7-18(14-17(20)13-16-5-3-2-4-6-16)24-21(25)19-15-22(19)9-11-23-12-10-22;/h2-8,14,19,23H,9-13,15H2,1H3,(H,24,25);1H. The average Bonchev–Trinajstić information content (AvgIpc) is 3.36. The molecule has 2 N–H and O–H groups in total. The number of rotatable bonds is 5. The summed E-state index contributed by atoms with van der Waals surface area (Å²) in [5, 5.41) is 6.53. The van der Waals surface area contributed by atoms with Gasteiger partial charge >= 0.3 is 0 Å². The number of anilines is 1. The summed E-state index contributed by atoms with van der Waals surface area (Å²) in [7, 11) is 1.69. The molecule has 1 amide bonds. The van der Waals surface area contributed by atoms with E-state index in [0.717, 1.165) is 55.8 Å². The van der Waals surface area contributed by atoms with E-state index in [4.69, 9.17) is 4.74 Å². The highest BCUT2D eigenvalue weighted by molar-refractivity contribution is 5.95. The van der Waals surface area contributed by atoms with Gasteiger partial charge < -0.3 is 15.4 Å². The number of hydrogen-bond acceptors (Lipinski definition) is 3. The Morgan fingerprint density at radius 3 is 2.63 bits per heavy atom. The first-order valence-corrected chi connectivity index (χ1v) is 9.43. The van der Waals surface area contributed by atoms with E-state index < -0.39 is 0 Å². The quantitative estimate of drug-likeness (QED) is 0.815. The Morgan fingerprint density at radius 1 is 1.19 bits per heavy atom. The zero-order valence-corrected chi connectivity index (χ0v) is 16.5. The van der Waals surface area contributed by atoms with Crippen molar-refractivity contribution >= 4 is 24.0 Å². The second-order valence-electron chi connectivity index (χ2n) is 7.55. The van der Waals surface area contributed by atoms with E-state index in [1.807, 2.05) is 36.4 Å². The smallest absolute Gasteiger partial charge is 0.228 e. The molecule has 2 aromatic carbocycles. The van der Waals surface area contributed by atoms with Crippen molar-refractivity contribution in [3.8, 4) is 5.75 Å². The Bertz CT molecular complexity index is 788. The Hall–Kier alpha value is -2.04. The van der Waals surface area contributed by atoms with E-state index in [-0.39, 0.29) is 29.6 Å². The molecule has 2 aliphatic rings. The van der Waals surface area contributed by atoms with Gasteiger partial charge in [-0.15, -0.1) is 12.4 Å². The van der Waals surface area contributed by atoms with Crippen molar-refractivity contribution < 1.29 is 9.53 Å². The lowest BCUT2D eigenvalue weighted by Crippen LogP contribution is -2.31. The van der Waals surface area contributed by atoms with Crippen LogP contribution >= 0.6 is 12.4 Å². The maximum Gasteiger partial charge on any atom is 0.228 e. The minimum absolute atomic E-state index is 0. The number of nitrogens with one attached hydrogen (secondary N) is 2. The summed E-state index contributed by atoms with van der Waals surface area (Å²) >= 11 is 0. The second-order valence-corrected chi connectivity index (χ2v) is 7.55. The summed E-state index contributed by atoms with van der Waals surface area (Å²) in [5.74, 6) is 1.19. The van der Waals surface area contributed by atoms with Gasteiger partial charge in [-0.3, -0.25) is 4.79 Å². The normalized spacial score (nSPS) is 19.8. The van der Waals surface area contributed by atoms with Gasteiger partial charge in [0.15, 0.2) is 0 Å². The third-order valence-corrected chi connectivity index (χ3v) is 5.89. The van der Waals surface area contributed by atoms with Gasteiger partial charge in [-0.2, -0.15) is 0 Å². The molecule has 4 rings (SSSR count). The molecule has 27 heavy (non-hydrogen) atoms. The number of hydrogen-bond donors (Lipinski definition) is 2. The molecule has 1 aliphatic carbocycles. The van der Waals surface area contributed by atoms with Gasteiger partial charge in [0.2, 0.25) is 5.91 Å². The monoisotopic (exact) mass is 386 g/mol. The number of amides is 1. The molecule has 1 atom stereocenters. The van der Waals surface area contributed by atoms with Gasteiger partial charge in [0.05, 0.1) is 7.11 Å². The molecule has 2 fully saturated rings. The van der Waals surface area contributed by atoms with E-state index in [9.17, 15) is 4.79 Å². The zero-order valence-electron chi connectivity index (χ0n) is 15.7. The summed E-state index contributed by atoms with van der Waals surface area (Å²) in [4.78, 5) is 12.7. The van der Waals surface area contributed by atoms with Crippen LogP contribution in [0.4, 0.5) is 5.69 Å². The van der Waals surface area contributed by atoms with Crippen LogP contribution in [0.5, 0.6) is 5.75 Å². The van der Waals surface area contributed by atoms with Crippen LogP contribution in [0.3, 0.4) is 0 Å². The lowest BCUT2D eigenvalue weighted by molar-refractivity contribution is -0.118. The van der Waals surface area contributed by atoms with E-state index in [1.165, 1.54) is 5.56 Å². The van der Waals surface area contributed by atoms with Gasteiger partial charge in [0.25, 0.3) is 0 Å². The summed E-state index contributed by atoms with van der Waals surface area (Å²) in [5.41, 5.74) is 3.43. The summed E-state index contributed by atoms with van der Waals surface area (Å²) < 4.78 is 5.51. The predicted octanol–water partition coefficient (Wildman–Crippen LogP) is 4.04. The molecule has 1 spiro atoms. The first-order chi connectivity index (χ1) is 12.7. The number of methoxy groups -OCH3 is 1. The summed E-state index contributed by atoms with van der Waals surface area (Å²) in [6.07, 6.45) is 4.06. The minimum atomic E-state index is 0. The van der Waals surface area contributed by atoms with Gasteiger partial charge in [-0.1, -0.05) is 30.3 Å². The number of halogens is 1. The molecule has 144 valence electrons. The van der Waals surface area contributed by atoms with Crippen LogP contribution in [0.25, 0.3) is 0 Å². The number of ether oxygens (including phenoxy) is 1. The molecule has 2 aromatic rings. The Kier molecular flexibility index (Phi) is 6.08. The fourth-order valence-corrected chi connectivity index (χ4v) is 4.24. The predicted molar refractivity (Wildman–Crippen MR) is 111 cm³/mol. The molecule has 1 saturated carbocycles. The van der Waals surface area contributed by atoms with Crippen molar-refractivity contribution in [3.63, 3.8) is 0 Å². The zero-order chi connectivity index (χ0) is 18.0. The van der Waals surface area contributed by atoms with E-state index in [1.54, 1.807) is 7.11 Å².